The van der Waals surface area contributed by atoms with Crippen molar-refractivity contribution in [2.45, 2.75) is 6.92 Å². The van der Waals surface area contributed by atoms with E-state index in [1.54, 1.807) is 13.2 Å². The van der Waals surface area contributed by atoms with Gasteiger partial charge in [-0.2, -0.15) is 0 Å². The van der Waals surface area contributed by atoms with Gasteiger partial charge in [0.1, 0.15) is 19.9 Å². The molecular formula is C10H9BN2O. The monoisotopic (exact) mass is 184 g/mol. The molecule has 0 atom stereocenters. The number of benzene rings is 1. The van der Waals surface area contributed by atoms with Gasteiger partial charge in [0, 0.05) is 11.1 Å². The third kappa shape index (κ3) is 1.33. The van der Waals surface area contributed by atoms with Crippen molar-refractivity contribution < 1.29 is 4.74 Å². The average molecular weight is 184 g/mol. The minimum absolute atomic E-state index is 0.595. The molecule has 0 unspecified atom stereocenters. The lowest BCUT2D eigenvalue weighted by Crippen LogP contribution is -2.07. The second kappa shape index (κ2) is 3.29. The van der Waals surface area contributed by atoms with Crippen LogP contribution in [0.4, 0.5) is 0 Å². The van der Waals surface area contributed by atoms with E-state index in [0.29, 0.717) is 11.2 Å². The second-order valence-electron chi connectivity index (χ2n) is 3.07. The van der Waals surface area contributed by atoms with Gasteiger partial charge in [0.2, 0.25) is 0 Å². The van der Waals surface area contributed by atoms with Crippen LogP contribution in [0.15, 0.2) is 18.5 Å². The first-order chi connectivity index (χ1) is 6.72. The molecule has 2 rings (SSSR count). The summed E-state index contributed by atoms with van der Waals surface area (Å²) in [6.07, 6.45) is 1.53. The van der Waals surface area contributed by atoms with Gasteiger partial charge in [-0.15, -0.1) is 0 Å². The van der Waals surface area contributed by atoms with E-state index in [1.807, 2.05) is 13.0 Å². The van der Waals surface area contributed by atoms with Gasteiger partial charge >= 0.3 is 0 Å². The van der Waals surface area contributed by atoms with E-state index in [-0.39, 0.29) is 0 Å². The summed E-state index contributed by atoms with van der Waals surface area (Å²) in [5.74, 6) is 0.662. The molecule has 2 radical (unpaired) electrons. The lowest BCUT2D eigenvalue weighted by Gasteiger charge is -2.07. The molecule has 68 valence electrons. The first kappa shape index (κ1) is 9.00. The van der Waals surface area contributed by atoms with Gasteiger partial charge < -0.3 is 4.74 Å². The molecule has 0 saturated carbocycles. The lowest BCUT2D eigenvalue weighted by molar-refractivity contribution is 0.419. The quantitative estimate of drug-likeness (QED) is 0.613. The number of ether oxygens (including phenoxy) is 1. The Morgan fingerprint density at radius 1 is 1.29 bits per heavy atom. The van der Waals surface area contributed by atoms with E-state index in [4.69, 9.17) is 12.6 Å². The Morgan fingerprint density at radius 2 is 2.07 bits per heavy atom. The molecule has 1 aromatic carbocycles. The van der Waals surface area contributed by atoms with Gasteiger partial charge in [-0.1, -0.05) is 5.46 Å². The van der Waals surface area contributed by atoms with E-state index >= 15 is 0 Å². The summed E-state index contributed by atoms with van der Waals surface area (Å²) in [7, 11) is 7.36. The van der Waals surface area contributed by atoms with Crippen LogP contribution in [0, 0.1) is 6.92 Å². The highest BCUT2D eigenvalue weighted by molar-refractivity contribution is 6.35. The fourth-order valence-electron chi connectivity index (χ4n) is 1.41. The van der Waals surface area contributed by atoms with E-state index in [9.17, 15) is 0 Å². The molecule has 14 heavy (non-hydrogen) atoms. The van der Waals surface area contributed by atoms with E-state index in [0.717, 1.165) is 16.6 Å². The number of hydrogen-bond donors (Lipinski definition) is 0. The first-order valence-electron chi connectivity index (χ1n) is 4.27. The molecule has 0 amide bonds. The maximum Gasteiger partial charge on any atom is 0.119 e. The van der Waals surface area contributed by atoms with E-state index in [1.165, 1.54) is 6.33 Å². The van der Waals surface area contributed by atoms with Crippen molar-refractivity contribution in [1.29, 1.82) is 0 Å². The zero-order chi connectivity index (χ0) is 10.1. The Labute approximate surface area is 83.5 Å². The molecule has 1 heterocycles. The predicted molar refractivity (Wildman–Crippen MR) is 56.2 cm³/mol. The Hall–Kier alpha value is -1.58. The zero-order valence-electron chi connectivity index (χ0n) is 8.11. The number of fused-ring (bicyclic) bond motifs is 1. The smallest absolute Gasteiger partial charge is 0.119 e. The van der Waals surface area contributed by atoms with Crippen LogP contribution in [-0.2, 0) is 0 Å². The van der Waals surface area contributed by atoms with Crippen LogP contribution in [0.5, 0.6) is 5.75 Å². The van der Waals surface area contributed by atoms with Gasteiger partial charge in [-0.05, 0) is 19.1 Å². The Morgan fingerprint density at radius 3 is 2.79 bits per heavy atom. The molecule has 0 N–H and O–H groups in total. The summed E-state index contributed by atoms with van der Waals surface area (Å²) in [4.78, 5) is 8.24. The molecule has 0 bridgehead atoms. The van der Waals surface area contributed by atoms with Gasteiger partial charge in [0.05, 0.1) is 12.6 Å². The molecule has 0 spiro atoms. The summed E-state index contributed by atoms with van der Waals surface area (Å²) in [6.45, 7) is 1.93. The molecule has 2 aromatic rings. The zero-order valence-corrected chi connectivity index (χ0v) is 8.11. The molecule has 0 aliphatic carbocycles. The largest absolute Gasteiger partial charge is 0.497 e. The van der Waals surface area contributed by atoms with Crippen LogP contribution in [0.2, 0.25) is 0 Å². The van der Waals surface area contributed by atoms with Crippen molar-refractivity contribution in [2.24, 2.45) is 0 Å². The SMILES string of the molecule is [B]c1cc2ncnc(C)c2cc1OC. The Balaban J connectivity index is 2.80. The fraction of sp³-hybridized carbons (Fsp3) is 0.200. The highest BCUT2D eigenvalue weighted by Gasteiger charge is 2.04. The Kier molecular flexibility index (Phi) is 2.12. The molecule has 0 saturated heterocycles. The van der Waals surface area contributed by atoms with Crippen LogP contribution < -0.4 is 10.2 Å². The van der Waals surface area contributed by atoms with Gasteiger partial charge in [0.25, 0.3) is 0 Å². The average Bonchev–Trinajstić information content (AvgIpc) is 2.17. The number of aromatic nitrogens is 2. The number of methoxy groups -OCH3 is 1. The molecule has 0 aliphatic heterocycles. The highest BCUT2D eigenvalue weighted by Crippen LogP contribution is 2.18. The van der Waals surface area contributed by atoms with Crippen LogP contribution in [0.3, 0.4) is 0 Å². The van der Waals surface area contributed by atoms with Gasteiger partial charge in [-0.3, -0.25) is 0 Å². The van der Waals surface area contributed by atoms with Crippen molar-refractivity contribution in [1.82, 2.24) is 9.97 Å². The second-order valence-corrected chi connectivity index (χ2v) is 3.07. The highest BCUT2D eigenvalue weighted by atomic mass is 16.5. The maximum atomic E-state index is 5.76. The number of hydrogen-bond acceptors (Lipinski definition) is 3. The standard InChI is InChI=1S/C10H9BN2O/c1-6-7-3-10(14-2)8(11)4-9(7)13-5-12-6/h3-5H,1-2H3. The third-order valence-corrected chi connectivity index (χ3v) is 2.19. The number of rotatable bonds is 1. The molecule has 0 fully saturated rings. The molecule has 4 heteroatoms. The predicted octanol–water partition coefficient (Wildman–Crippen LogP) is 0.741. The van der Waals surface area contributed by atoms with Crippen molar-refractivity contribution in [3.63, 3.8) is 0 Å². The third-order valence-electron chi connectivity index (χ3n) is 2.19. The summed E-state index contributed by atoms with van der Waals surface area (Å²) in [5.41, 5.74) is 2.36. The summed E-state index contributed by atoms with van der Waals surface area (Å²) in [5, 5.41) is 0.971. The molecule has 0 aliphatic rings. The van der Waals surface area contributed by atoms with Gasteiger partial charge in [0.15, 0.2) is 0 Å². The number of aryl methyl sites for hydroxylation is 1. The summed E-state index contributed by atoms with van der Waals surface area (Å²) >= 11 is 0. The summed E-state index contributed by atoms with van der Waals surface area (Å²) < 4.78 is 5.13. The fourth-order valence-corrected chi connectivity index (χ4v) is 1.41. The van der Waals surface area contributed by atoms with Crippen molar-refractivity contribution in [2.75, 3.05) is 7.11 Å². The topological polar surface area (TPSA) is 35.0 Å². The lowest BCUT2D eigenvalue weighted by atomic mass is 9.93. The maximum absolute atomic E-state index is 5.76. The number of nitrogens with zero attached hydrogens (tertiary/aromatic N) is 2. The molecule has 3 nitrogen and oxygen atoms in total. The van der Waals surface area contributed by atoms with Gasteiger partial charge in [-0.25, -0.2) is 9.97 Å². The van der Waals surface area contributed by atoms with Crippen molar-refractivity contribution in [3.8, 4) is 5.75 Å². The van der Waals surface area contributed by atoms with Crippen LogP contribution >= 0.6 is 0 Å². The molecular weight excluding hydrogens is 175 g/mol. The minimum atomic E-state index is 0.595. The van der Waals surface area contributed by atoms with Crippen LogP contribution in [0.1, 0.15) is 5.69 Å². The van der Waals surface area contributed by atoms with Crippen molar-refractivity contribution >= 4 is 24.2 Å². The summed E-state index contributed by atoms with van der Waals surface area (Å²) in [6, 6.07) is 3.66. The normalized spacial score (nSPS) is 10.4. The Bertz CT molecular complexity index is 485. The van der Waals surface area contributed by atoms with Crippen LogP contribution in [0.25, 0.3) is 10.9 Å². The first-order valence-corrected chi connectivity index (χ1v) is 4.27. The van der Waals surface area contributed by atoms with E-state index < -0.39 is 0 Å². The minimum Gasteiger partial charge on any atom is -0.497 e. The molecule has 1 aromatic heterocycles. The van der Waals surface area contributed by atoms with Crippen molar-refractivity contribution in [3.05, 3.63) is 24.2 Å². The van der Waals surface area contributed by atoms with E-state index in [2.05, 4.69) is 9.97 Å². The van der Waals surface area contributed by atoms with Crippen LogP contribution in [-0.4, -0.2) is 24.9 Å².